The molecule has 0 saturated carbocycles. The maximum Gasteiger partial charge on any atom is 0.230 e. The Labute approximate surface area is 249 Å². The summed E-state index contributed by atoms with van der Waals surface area (Å²) in [4.78, 5) is 31.3. The fraction of sp³-hybridized carbons (Fsp3) is 0.0909. The molecule has 4 heterocycles. The van der Waals surface area contributed by atoms with Gasteiger partial charge in [0.2, 0.25) is 17.8 Å². The first-order chi connectivity index (χ1) is 21.0. The molecule has 1 N–H and O–H groups in total. The molecule has 0 unspecified atom stereocenters. The van der Waals surface area contributed by atoms with Gasteiger partial charge in [-0.25, -0.2) is 24.9 Å². The minimum atomic E-state index is -0.0723. The molecule has 0 aliphatic rings. The van der Waals surface area contributed by atoms with Gasteiger partial charge in [-0.15, -0.1) is 0 Å². The Morgan fingerprint density at radius 2 is 1.33 bits per heavy atom. The number of rotatable bonds is 8. The molecule has 0 fully saturated rings. The van der Waals surface area contributed by atoms with Crippen LogP contribution in [-0.4, -0.2) is 56.2 Å². The summed E-state index contributed by atoms with van der Waals surface area (Å²) in [6, 6.07) is 28.6. The fourth-order valence-electron chi connectivity index (χ4n) is 4.51. The molecule has 0 bridgehead atoms. The van der Waals surface area contributed by atoms with Crippen LogP contribution in [-0.2, 0) is 0 Å². The molecule has 0 amide bonds. The minimum Gasteiger partial charge on any atom is -0.495 e. The van der Waals surface area contributed by atoms with Gasteiger partial charge >= 0.3 is 0 Å². The molecule has 10 nitrogen and oxygen atoms in total. The number of hydrogen-bond acceptors (Lipinski definition) is 10. The summed E-state index contributed by atoms with van der Waals surface area (Å²) in [6.07, 6.45) is 5.13. The van der Waals surface area contributed by atoms with E-state index >= 15 is 0 Å². The second kappa shape index (κ2) is 11.9. The minimum absolute atomic E-state index is 0.0723. The van der Waals surface area contributed by atoms with E-state index in [1.807, 2.05) is 103 Å². The van der Waals surface area contributed by atoms with E-state index in [4.69, 9.17) is 19.7 Å². The molecule has 10 heteroatoms. The van der Waals surface area contributed by atoms with Crippen molar-refractivity contribution in [2.45, 2.75) is 0 Å². The van der Waals surface area contributed by atoms with Crippen LogP contribution in [0.2, 0.25) is 0 Å². The van der Waals surface area contributed by atoms with Crippen molar-refractivity contribution >= 4 is 23.3 Å². The van der Waals surface area contributed by atoms with Gasteiger partial charge in [-0.1, -0.05) is 36.4 Å². The number of ether oxygens (including phenoxy) is 1. The summed E-state index contributed by atoms with van der Waals surface area (Å²) in [5, 5.41) is 10.0. The number of aromatic nitrogens is 6. The standard InChI is InChI=1S/C33H28N8O2/c1-40(32-35-17-16-27(37-32)23-18-26(43-3)21-34-20-23)25-14-12-22(13-15-25)29-19-30(28-10-7-11-31(42)36-28)39-33(38-29)41(2)24-8-5-4-6-9-24/h4-21H,1-3H3,(H,36,42). The Morgan fingerprint density at radius 3 is 2.09 bits per heavy atom. The van der Waals surface area contributed by atoms with Gasteiger partial charge in [0.1, 0.15) is 5.75 Å². The molecule has 4 aromatic heterocycles. The zero-order valence-corrected chi connectivity index (χ0v) is 23.8. The lowest BCUT2D eigenvalue weighted by Gasteiger charge is -2.20. The first-order valence-corrected chi connectivity index (χ1v) is 13.5. The van der Waals surface area contributed by atoms with E-state index in [0.717, 1.165) is 28.2 Å². The third-order valence-electron chi connectivity index (χ3n) is 6.89. The number of pyridine rings is 2. The molecule has 6 rings (SSSR count). The van der Waals surface area contributed by atoms with Gasteiger partial charge in [0.05, 0.1) is 36.1 Å². The molecular weight excluding hydrogens is 540 g/mol. The Kier molecular flexibility index (Phi) is 7.56. The van der Waals surface area contributed by atoms with Gasteiger partial charge in [0, 0.05) is 55.1 Å². The van der Waals surface area contributed by atoms with E-state index in [1.165, 1.54) is 6.07 Å². The molecular formula is C33H28N8O2. The fourth-order valence-corrected chi connectivity index (χ4v) is 4.51. The van der Waals surface area contributed by atoms with Crippen LogP contribution in [0.15, 0.2) is 110 Å². The second-order valence-electron chi connectivity index (χ2n) is 9.68. The van der Waals surface area contributed by atoms with Crippen LogP contribution < -0.4 is 14.5 Å². The van der Waals surface area contributed by atoms with Gasteiger partial charge in [0.15, 0.2) is 0 Å². The van der Waals surface area contributed by atoms with Gasteiger partial charge in [-0.2, -0.15) is 0 Å². The maximum absolute atomic E-state index is 10.0. The average molecular weight is 569 g/mol. The first kappa shape index (κ1) is 27.3. The summed E-state index contributed by atoms with van der Waals surface area (Å²) >= 11 is 0. The molecule has 0 atom stereocenters. The van der Waals surface area contributed by atoms with Crippen molar-refractivity contribution in [1.82, 2.24) is 29.9 Å². The zero-order chi connectivity index (χ0) is 29.8. The van der Waals surface area contributed by atoms with Gasteiger partial charge in [-0.3, -0.25) is 4.98 Å². The van der Waals surface area contributed by atoms with E-state index in [9.17, 15) is 5.11 Å². The summed E-state index contributed by atoms with van der Waals surface area (Å²) in [5.41, 5.74) is 6.16. The highest BCUT2D eigenvalue weighted by Gasteiger charge is 2.15. The van der Waals surface area contributed by atoms with Crippen LogP contribution in [0.3, 0.4) is 0 Å². The summed E-state index contributed by atoms with van der Waals surface area (Å²) in [5.74, 6) is 1.63. The Hall–Kier alpha value is -5.90. The Morgan fingerprint density at radius 1 is 0.605 bits per heavy atom. The van der Waals surface area contributed by atoms with Crippen molar-refractivity contribution in [2.24, 2.45) is 0 Å². The number of benzene rings is 2. The molecule has 2 aromatic carbocycles. The van der Waals surface area contributed by atoms with Crippen molar-refractivity contribution in [1.29, 1.82) is 0 Å². The predicted octanol–water partition coefficient (Wildman–Crippen LogP) is 6.31. The van der Waals surface area contributed by atoms with Crippen LogP contribution in [0.5, 0.6) is 11.6 Å². The van der Waals surface area contributed by atoms with E-state index in [2.05, 4.69) is 15.0 Å². The lowest BCUT2D eigenvalue weighted by molar-refractivity contribution is 0.413. The van der Waals surface area contributed by atoms with Gasteiger partial charge < -0.3 is 19.6 Å². The van der Waals surface area contributed by atoms with Crippen LogP contribution in [0.1, 0.15) is 0 Å². The van der Waals surface area contributed by atoms with Crippen molar-refractivity contribution in [3.8, 4) is 45.5 Å². The summed E-state index contributed by atoms with van der Waals surface area (Å²) in [6.45, 7) is 0. The molecule has 0 aliphatic carbocycles. The number of anilines is 4. The van der Waals surface area contributed by atoms with Crippen molar-refractivity contribution in [3.63, 3.8) is 0 Å². The normalized spacial score (nSPS) is 10.8. The summed E-state index contributed by atoms with van der Waals surface area (Å²) in [7, 11) is 5.45. The highest BCUT2D eigenvalue weighted by atomic mass is 16.5. The maximum atomic E-state index is 10.0. The molecule has 6 aromatic rings. The molecule has 0 radical (unpaired) electrons. The van der Waals surface area contributed by atoms with E-state index in [-0.39, 0.29) is 5.88 Å². The first-order valence-electron chi connectivity index (χ1n) is 13.5. The predicted molar refractivity (Wildman–Crippen MR) is 167 cm³/mol. The average Bonchev–Trinajstić information content (AvgIpc) is 3.08. The third-order valence-corrected chi connectivity index (χ3v) is 6.89. The number of hydrogen-bond donors (Lipinski definition) is 1. The molecule has 0 spiro atoms. The van der Waals surface area contributed by atoms with Crippen LogP contribution >= 0.6 is 0 Å². The SMILES string of the molecule is COc1cncc(-c2ccnc(N(C)c3ccc(-c4cc(-c5cccc(O)n5)nc(N(C)c5ccccc5)n4)cc3)n2)c1. The van der Waals surface area contributed by atoms with Crippen molar-refractivity contribution in [2.75, 3.05) is 31.0 Å². The number of para-hydroxylation sites is 1. The molecule has 0 saturated heterocycles. The van der Waals surface area contributed by atoms with E-state index < -0.39 is 0 Å². The van der Waals surface area contributed by atoms with Gasteiger partial charge in [-0.05, 0) is 48.5 Å². The molecule has 212 valence electrons. The highest BCUT2D eigenvalue weighted by Crippen LogP contribution is 2.31. The lowest BCUT2D eigenvalue weighted by Crippen LogP contribution is -2.14. The van der Waals surface area contributed by atoms with E-state index in [0.29, 0.717) is 34.7 Å². The largest absolute Gasteiger partial charge is 0.495 e. The highest BCUT2D eigenvalue weighted by molar-refractivity contribution is 5.72. The van der Waals surface area contributed by atoms with Crippen molar-refractivity contribution in [3.05, 3.63) is 110 Å². The smallest absolute Gasteiger partial charge is 0.230 e. The quantitative estimate of drug-likeness (QED) is 0.224. The Bertz CT molecular complexity index is 1870. The summed E-state index contributed by atoms with van der Waals surface area (Å²) < 4.78 is 5.31. The monoisotopic (exact) mass is 568 g/mol. The second-order valence-corrected chi connectivity index (χ2v) is 9.68. The van der Waals surface area contributed by atoms with Crippen molar-refractivity contribution < 1.29 is 9.84 Å². The van der Waals surface area contributed by atoms with Gasteiger partial charge in [0.25, 0.3) is 0 Å². The van der Waals surface area contributed by atoms with Crippen LogP contribution in [0.4, 0.5) is 23.3 Å². The zero-order valence-electron chi connectivity index (χ0n) is 23.8. The topological polar surface area (TPSA) is 113 Å². The van der Waals surface area contributed by atoms with E-state index in [1.54, 1.807) is 31.8 Å². The van der Waals surface area contributed by atoms with Crippen LogP contribution in [0.25, 0.3) is 33.9 Å². The Balaban J connectivity index is 1.33. The molecule has 43 heavy (non-hydrogen) atoms. The third kappa shape index (κ3) is 5.94. The van der Waals surface area contributed by atoms with Crippen LogP contribution in [0, 0.1) is 0 Å². The number of methoxy groups -OCH3 is 1. The number of nitrogens with zero attached hydrogens (tertiary/aromatic N) is 8. The molecule has 0 aliphatic heterocycles. The lowest BCUT2D eigenvalue weighted by atomic mass is 10.1. The number of aromatic hydroxyl groups is 1.